The Balaban J connectivity index is 2.68. The van der Waals surface area contributed by atoms with Gasteiger partial charge in [0.15, 0.2) is 0 Å². The van der Waals surface area contributed by atoms with Gasteiger partial charge in [-0.05, 0) is 48.5 Å². The zero-order valence-corrected chi connectivity index (χ0v) is 15.4. The summed E-state index contributed by atoms with van der Waals surface area (Å²) in [5, 5.41) is 5.17. The molecule has 2 N–H and O–H groups in total. The van der Waals surface area contributed by atoms with E-state index in [1.54, 1.807) is 48.5 Å². The molecule has 8 nitrogen and oxygen atoms in total. The summed E-state index contributed by atoms with van der Waals surface area (Å²) in [6, 6.07) is -0.909. The van der Waals surface area contributed by atoms with E-state index in [0.29, 0.717) is 0 Å². The monoisotopic (exact) mass is 344 g/mol. The van der Waals surface area contributed by atoms with Crippen LogP contribution in [0.5, 0.6) is 0 Å². The third-order valence-electron chi connectivity index (χ3n) is 2.97. The molecule has 138 valence electrons. The van der Waals surface area contributed by atoms with Crippen molar-refractivity contribution in [2.45, 2.75) is 77.7 Å². The smallest absolute Gasteiger partial charge is 0.408 e. The normalized spacial score (nSPS) is 24.6. The van der Waals surface area contributed by atoms with Crippen molar-refractivity contribution in [3.8, 4) is 0 Å². The van der Waals surface area contributed by atoms with Crippen LogP contribution in [-0.4, -0.2) is 47.5 Å². The molecule has 1 saturated heterocycles. The third kappa shape index (κ3) is 7.06. The average Bonchev–Trinajstić information content (AvgIpc) is 2.28. The summed E-state index contributed by atoms with van der Waals surface area (Å²) in [5.74, 6) is -0.565. The average molecular weight is 344 g/mol. The van der Waals surface area contributed by atoms with Crippen LogP contribution in [0.25, 0.3) is 0 Å². The van der Waals surface area contributed by atoms with Crippen LogP contribution in [0, 0.1) is 0 Å². The summed E-state index contributed by atoms with van der Waals surface area (Å²) in [6.07, 6.45) is -1.16. The highest BCUT2D eigenvalue weighted by Crippen LogP contribution is 2.21. The van der Waals surface area contributed by atoms with Crippen LogP contribution in [0.15, 0.2) is 0 Å². The van der Waals surface area contributed by atoms with Crippen molar-refractivity contribution in [3.05, 3.63) is 0 Å². The molecule has 1 aliphatic heterocycles. The van der Waals surface area contributed by atoms with Crippen molar-refractivity contribution in [2.24, 2.45) is 0 Å². The van der Waals surface area contributed by atoms with E-state index >= 15 is 0 Å². The van der Waals surface area contributed by atoms with Crippen LogP contribution in [-0.2, 0) is 19.0 Å². The Hall–Kier alpha value is -1.99. The zero-order valence-electron chi connectivity index (χ0n) is 15.4. The van der Waals surface area contributed by atoms with Crippen LogP contribution in [0.2, 0.25) is 0 Å². The van der Waals surface area contributed by atoms with Crippen LogP contribution < -0.4 is 10.6 Å². The molecule has 2 amide bonds. The van der Waals surface area contributed by atoms with Crippen LogP contribution >= 0.6 is 0 Å². The number of carbonyl (C=O) groups excluding carboxylic acids is 3. The van der Waals surface area contributed by atoms with Gasteiger partial charge >= 0.3 is 18.2 Å². The van der Waals surface area contributed by atoms with E-state index in [4.69, 9.17) is 14.2 Å². The lowest BCUT2D eigenvalue weighted by Gasteiger charge is -2.38. The first kappa shape index (κ1) is 20.1. The molecule has 1 rings (SSSR count). The summed E-state index contributed by atoms with van der Waals surface area (Å²) >= 11 is 0. The molecular formula is C16H28N2O6. The number of nitrogens with one attached hydrogen (secondary N) is 2. The molecule has 0 aromatic rings. The Morgan fingerprint density at radius 1 is 1.08 bits per heavy atom. The van der Waals surface area contributed by atoms with Crippen molar-refractivity contribution in [1.29, 1.82) is 0 Å². The molecule has 0 unspecified atom stereocenters. The number of rotatable bonds is 2. The van der Waals surface area contributed by atoms with E-state index in [0.717, 1.165) is 0 Å². The Bertz CT molecular complexity index is 506. The van der Waals surface area contributed by atoms with Crippen molar-refractivity contribution in [1.82, 2.24) is 10.6 Å². The summed E-state index contributed by atoms with van der Waals surface area (Å²) in [4.78, 5) is 35.6. The second-order valence-electron chi connectivity index (χ2n) is 8.20. The lowest BCUT2D eigenvalue weighted by Crippen LogP contribution is -2.60. The maximum Gasteiger partial charge on any atom is 0.408 e. The fraction of sp³-hybridized carbons (Fsp3) is 0.812. The summed E-state index contributed by atoms with van der Waals surface area (Å²) in [5.41, 5.74) is -2.17. The van der Waals surface area contributed by atoms with E-state index in [1.165, 1.54) is 0 Å². The molecule has 0 bridgehead atoms. The number of alkyl carbamates (subject to hydrolysis) is 2. The van der Waals surface area contributed by atoms with Gasteiger partial charge in [-0.1, -0.05) is 0 Å². The fourth-order valence-corrected chi connectivity index (χ4v) is 2.12. The second kappa shape index (κ2) is 6.86. The lowest BCUT2D eigenvalue weighted by molar-refractivity contribution is -0.154. The predicted octanol–water partition coefficient (Wildman–Crippen LogP) is 2.11. The van der Waals surface area contributed by atoms with Gasteiger partial charge in [0, 0.05) is 6.42 Å². The van der Waals surface area contributed by atoms with Crippen molar-refractivity contribution >= 4 is 18.2 Å². The highest BCUT2D eigenvalue weighted by atomic mass is 16.6. The first-order valence-electron chi connectivity index (χ1n) is 7.86. The molecule has 0 aromatic heterocycles. The largest absolute Gasteiger partial charge is 0.462 e. The number of cyclic esters (lactones) is 1. The van der Waals surface area contributed by atoms with Crippen LogP contribution in [0.4, 0.5) is 9.59 Å². The maximum atomic E-state index is 11.9. The van der Waals surface area contributed by atoms with Gasteiger partial charge < -0.3 is 24.8 Å². The molecule has 0 spiro atoms. The molecule has 1 fully saturated rings. The molecule has 1 aliphatic rings. The highest BCUT2D eigenvalue weighted by Gasteiger charge is 2.41. The second-order valence-corrected chi connectivity index (χ2v) is 8.20. The van der Waals surface area contributed by atoms with Gasteiger partial charge in [0.05, 0.1) is 5.54 Å². The molecule has 0 aromatic carbocycles. The van der Waals surface area contributed by atoms with Gasteiger partial charge in [0.2, 0.25) is 0 Å². The van der Waals surface area contributed by atoms with Gasteiger partial charge in [-0.25, -0.2) is 14.4 Å². The number of carbonyl (C=O) groups is 3. The molecule has 2 atom stereocenters. The minimum absolute atomic E-state index is 0.00241. The summed E-state index contributed by atoms with van der Waals surface area (Å²) in [7, 11) is 0. The van der Waals surface area contributed by atoms with E-state index in [-0.39, 0.29) is 13.0 Å². The van der Waals surface area contributed by atoms with Crippen molar-refractivity contribution < 1.29 is 28.6 Å². The molecule has 24 heavy (non-hydrogen) atoms. The van der Waals surface area contributed by atoms with E-state index in [2.05, 4.69) is 10.6 Å². The molecule has 0 aliphatic carbocycles. The minimum atomic E-state index is -0.909. The molecule has 0 radical (unpaired) electrons. The van der Waals surface area contributed by atoms with E-state index in [9.17, 15) is 14.4 Å². The van der Waals surface area contributed by atoms with Crippen LogP contribution in [0.3, 0.4) is 0 Å². The predicted molar refractivity (Wildman–Crippen MR) is 86.5 cm³/mol. The van der Waals surface area contributed by atoms with E-state index < -0.39 is 40.9 Å². The van der Waals surface area contributed by atoms with Gasteiger partial charge in [-0.15, -0.1) is 0 Å². The Morgan fingerprint density at radius 2 is 1.58 bits per heavy atom. The number of hydrogen-bond donors (Lipinski definition) is 2. The Kier molecular flexibility index (Phi) is 5.74. The van der Waals surface area contributed by atoms with Crippen molar-refractivity contribution in [3.63, 3.8) is 0 Å². The Morgan fingerprint density at radius 3 is 2.08 bits per heavy atom. The number of esters is 1. The Labute approximate surface area is 142 Å². The van der Waals surface area contributed by atoms with Gasteiger partial charge in [0.25, 0.3) is 0 Å². The van der Waals surface area contributed by atoms with Gasteiger partial charge in [-0.2, -0.15) is 0 Å². The molecule has 0 saturated carbocycles. The fourth-order valence-electron chi connectivity index (χ4n) is 2.12. The summed E-state index contributed by atoms with van der Waals surface area (Å²) < 4.78 is 15.4. The number of hydrogen-bond acceptors (Lipinski definition) is 6. The molecule has 8 heteroatoms. The minimum Gasteiger partial charge on any atom is -0.462 e. The molecular weight excluding hydrogens is 316 g/mol. The van der Waals surface area contributed by atoms with Gasteiger partial charge in [0.1, 0.15) is 23.9 Å². The third-order valence-corrected chi connectivity index (χ3v) is 2.97. The number of ether oxygens (including phenoxy) is 3. The van der Waals surface area contributed by atoms with Crippen molar-refractivity contribution in [2.75, 3.05) is 6.61 Å². The SMILES string of the molecule is CC(C)(C)OC(=O)N[C@H]1C[C@@](C)(NC(=O)OC(C)(C)C)COC1=O. The highest BCUT2D eigenvalue weighted by molar-refractivity contribution is 5.82. The van der Waals surface area contributed by atoms with Gasteiger partial charge in [-0.3, -0.25) is 0 Å². The first-order chi connectivity index (χ1) is 10.7. The number of amides is 2. The summed E-state index contributed by atoms with van der Waals surface area (Å²) in [6.45, 7) is 12.1. The van der Waals surface area contributed by atoms with E-state index in [1.807, 2.05) is 0 Å². The first-order valence-corrected chi connectivity index (χ1v) is 7.86. The standard InChI is InChI=1S/C16H28N2O6/c1-14(2,3)23-12(20)17-10-8-16(7,9-22-11(10)19)18-13(21)24-15(4,5)6/h10H,8-9H2,1-7H3,(H,17,20)(H,18,21)/t10-,16+/m0/s1. The maximum absolute atomic E-state index is 11.9. The quantitative estimate of drug-likeness (QED) is 0.587. The molecule has 1 heterocycles. The zero-order chi connectivity index (χ0) is 18.8. The topological polar surface area (TPSA) is 103 Å². The lowest BCUT2D eigenvalue weighted by atomic mass is 9.91. The van der Waals surface area contributed by atoms with Crippen LogP contribution in [0.1, 0.15) is 54.9 Å².